The molecule has 0 unspecified atom stereocenters. The molecular weight excluding hydrogens is 300 g/mol. The van der Waals surface area contributed by atoms with Crippen molar-refractivity contribution in [2.24, 2.45) is 0 Å². The molecule has 0 saturated heterocycles. The number of halogens is 5. The lowest BCUT2D eigenvalue weighted by molar-refractivity contribution is 0.103. The second-order valence-electron chi connectivity index (χ2n) is 3.70. The lowest BCUT2D eigenvalue weighted by atomic mass is 10.0. The van der Waals surface area contributed by atoms with E-state index in [2.05, 4.69) is 0 Å². The summed E-state index contributed by atoms with van der Waals surface area (Å²) in [6.45, 7) is 0. The van der Waals surface area contributed by atoms with Gasteiger partial charge < -0.3 is 0 Å². The van der Waals surface area contributed by atoms with Gasteiger partial charge in [-0.1, -0.05) is 23.2 Å². The molecule has 0 spiro atoms. The van der Waals surface area contributed by atoms with E-state index in [0.29, 0.717) is 12.1 Å². The summed E-state index contributed by atoms with van der Waals surface area (Å²) >= 11 is 11.2. The van der Waals surface area contributed by atoms with Crippen molar-refractivity contribution in [1.82, 2.24) is 0 Å². The maximum atomic E-state index is 13.6. The van der Waals surface area contributed by atoms with Crippen LogP contribution in [0.1, 0.15) is 15.9 Å². The molecule has 2 aromatic rings. The number of rotatable bonds is 2. The van der Waals surface area contributed by atoms with Gasteiger partial charge in [0.2, 0.25) is 0 Å². The number of carbonyl (C=O) groups excluding carboxylic acids is 1. The summed E-state index contributed by atoms with van der Waals surface area (Å²) in [4.78, 5) is 12.0. The first-order valence-corrected chi connectivity index (χ1v) is 5.80. The lowest BCUT2D eigenvalue weighted by Gasteiger charge is -2.06. The van der Waals surface area contributed by atoms with Gasteiger partial charge in [-0.3, -0.25) is 4.79 Å². The van der Waals surface area contributed by atoms with Gasteiger partial charge in [0.1, 0.15) is 5.82 Å². The Balaban J connectivity index is 2.53. The summed E-state index contributed by atoms with van der Waals surface area (Å²) in [6, 6.07) is 4.71. The highest BCUT2D eigenvalue weighted by Crippen LogP contribution is 2.24. The van der Waals surface area contributed by atoms with Crippen LogP contribution in [-0.2, 0) is 0 Å². The zero-order valence-corrected chi connectivity index (χ0v) is 10.7. The molecule has 2 aromatic carbocycles. The van der Waals surface area contributed by atoms with Gasteiger partial charge in [0.25, 0.3) is 0 Å². The topological polar surface area (TPSA) is 17.1 Å². The van der Waals surface area contributed by atoms with Crippen molar-refractivity contribution in [1.29, 1.82) is 0 Å². The number of hydrogen-bond donors (Lipinski definition) is 0. The third-order valence-electron chi connectivity index (χ3n) is 2.43. The highest BCUT2D eigenvalue weighted by molar-refractivity contribution is 6.35. The van der Waals surface area contributed by atoms with Gasteiger partial charge in [0.15, 0.2) is 17.4 Å². The Kier molecular flexibility index (Phi) is 3.83. The molecule has 0 aliphatic heterocycles. The first-order chi connectivity index (χ1) is 8.90. The Labute approximate surface area is 116 Å². The summed E-state index contributed by atoms with van der Waals surface area (Å²) in [6.07, 6.45) is 0. The Hall–Kier alpha value is -1.52. The van der Waals surface area contributed by atoms with Gasteiger partial charge in [0.05, 0.1) is 10.6 Å². The van der Waals surface area contributed by atoms with Crippen molar-refractivity contribution in [2.75, 3.05) is 0 Å². The molecule has 2 rings (SSSR count). The van der Waals surface area contributed by atoms with Gasteiger partial charge >= 0.3 is 0 Å². The summed E-state index contributed by atoms with van der Waals surface area (Å²) in [7, 11) is 0. The van der Waals surface area contributed by atoms with E-state index in [9.17, 15) is 18.0 Å². The van der Waals surface area contributed by atoms with Gasteiger partial charge in [0, 0.05) is 10.6 Å². The van der Waals surface area contributed by atoms with Crippen molar-refractivity contribution < 1.29 is 18.0 Å². The van der Waals surface area contributed by atoms with E-state index in [4.69, 9.17) is 23.2 Å². The van der Waals surface area contributed by atoms with E-state index in [0.717, 1.165) is 12.1 Å². The minimum absolute atomic E-state index is 0.116. The van der Waals surface area contributed by atoms with E-state index in [1.54, 1.807) is 0 Å². The quantitative estimate of drug-likeness (QED) is 0.583. The molecule has 0 radical (unpaired) electrons. The molecule has 0 heterocycles. The fraction of sp³-hybridized carbons (Fsp3) is 0. The average Bonchev–Trinajstić information content (AvgIpc) is 2.33. The number of ketones is 1. The molecular formula is C13H5Cl2F3O. The summed E-state index contributed by atoms with van der Waals surface area (Å²) in [5.41, 5.74) is -0.640. The largest absolute Gasteiger partial charge is 0.288 e. The zero-order valence-electron chi connectivity index (χ0n) is 9.18. The van der Waals surface area contributed by atoms with Crippen LogP contribution in [0.3, 0.4) is 0 Å². The normalized spacial score (nSPS) is 10.6. The Morgan fingerprint density at radius 2 is 1.47 bits per heavy atom. The number of hydrogen-bond acceptors (Lipinski definition) is 1. The second kappa shape index (κ2) is 5.23. The van der Waals surface area contributed by atoms with E-state index < -0.39 is 23.2 Å². The predicted octanol–water partition coefficient (Wildman–Crippen LogP) is 4.64. The van der Waals surface area contributed by atoms with E-state index in [1.165, 1.54) is 6.07 Å². The van der Waals surface area contributed by atoms with Crippen LogP contribution < -0.4 is 0 Å². The fourth-order valence-corrected chi connectivity index (χ4v) is 1.91. The van der Waals surface area contributed by atoms with Gasteiger partial charge in [-0.05, 0) is 30.3 Å². The monoisotopic (exact) mass is 304 g/mol. The molecule has 6 heteroatoms. The predicted molar refractivity (Wildman–Crippen MR) is 66.2 cm³/mol. The van der Waals surface area contributed by atoms with Crippen LogP contribution >= 0.6 is 23.2 Å². The summed E-state index contributed by atoms with van der Waals surface area (Å²) in [5, 5.41) is -0.177. The molecule has 1 nitrogen and oxygen atoms in total. The highest BCUT2D eigenvalue weighted by Gasteiger charge is 2.19. The van der Waals surface area contributed by atoms with Crippen molar-refractivity contribution >= 4 is 29.0 Å². The van der Waals surface area contributed by atoms with Crippen LogP contribution in [0, 0.1) is 17.5 Å². The van der Waals surface area contributed by atoms with E-state index >= 15 is 0 Å². The third kappa shape index (κ3) is 2.74. The van der Waals surface area contributed by atoms with Crippen LogP contribution in [0.2, 0.25) is 10.0 Å². The molecule has 0 aliphatic carbocycles. The molecule has 0 aliphatic rings. The fourth-order valence-electron chi connectivity index (χ4n) is 1.52. The smallest absolute Gasteiger partial charge is 0.197 e. The number of carbonyl (C=O) groups is 1. The van der Waals surface area contributed by atoms with Crippen molar-refractivity contribution in [3.63, 3.8) is 0 Å². The standard InChI is InChI=1S/C13H5Cl2F3O/c14-6-1-2-7(10(16)3-6)13(19)8-4-11(17)12(18)5-9(8)15/h1-5H. The average molecular weight is 305 g/mol. The molecule has 98 valence electrons. The van der Waals surface area contributed by atoms with Crippen LogP contribution in [0.25, 0.3) is 0 Å². The molecule has 0 N–H and O–H groups in total. The van der Waals surface area contributed by atoms with Crippen molar-refractivity contribution in [2.45, 2.75) is 0 Å². The van der Waals surface area contributed by atoms with Crippen molar-refractivity contribution in [3.8, 4) is 0 Å². The van der Waals surface area contributed by atoms with Crippen LogP contribution in [0.5, 0.6) is 0 Å². The molecule has 19 heavy (non-hydrogen) atoms. The Morgan fingerprint density at radius 1 is 0.842 bits per heavy atom. The molecule has 0 bridgehead atoms. The first kappa shape index (κ1) is 13.9. The lowest BCUT2D eigenvalue weighted by Crippen LogP contribution is -2.06. The minimum Gasteiger partial charge on any atom is -0.288 e. The second-order valence-corrected chi connectivity index (χ2v) is 4.54. The number of benzene rings is 2. The highest BCUT2D eigenvalue weighted by atomic mass is 35.5. The summed E-state index contributed by atoms with van der Waals surface area (Å²) < 4.78 is 39.6. The molecule has 0 fully saturated rings. The Morgan fingerprint density at radius 3 is 2.11 bits per heavy atom. The SMILES string of the molecule is O=C(c1ccc(Cl)cc1F)c1cc(F)c(F)cc1Cl. The summed E-state index contributed by atoms with van der Waals surface area (Å²) in [5.74, 6) is -4.13. The maximum absolute atomic E-state index is 13.6. The molecule has 0 amide bonds. The minimum atomic E-state index is -1.23. The van der Waals surface area contributed by atoms with Crippen molar-refractivity contribution in [3.05, 3.63) is 69.0 Å². The van der Waals surface area contributed by atoms with Gasteiger partial charge in [-0.15, -0.1) is 0 Å². The van der Waals surface area contributed by atoms with Crippen LogP contribution in [0.15, 0.2) is 30.3 Å². The van der Waals surface area contributed by atoms with E-state index in [-0.39, 0.29) is 21.2 Å². The van der Waals surface area contributed by atoms with Gasteiger partial charge in [-0.25, -0.2) is 13.2 Å². The maximum Gasteiger partial charge on any atom is 0.197 e. The molecule has 0 saturated carbocycles. The first-order valence-electron chi connectivity index (χ1n) is 5.04. The Bertz CT molecular complexity index is 671. The third-order valence-corrected chi connectivity index (χ3v) is 2.98. The molecule has 0 aromatic heterocycles. The zero-order chi connectivity index (χ0) is 14.2. The van der Waals surface area contributed by atoms with Gasteiger partial charge in [-0.2, -0.15) is 0 Å². The molecule has 0 atom stereocenters. The van der Waals surface area contributed by atoms with E-state index in [1.807, 2.05) is 0 Å². The van der Waals surface area contributed by atoms with Crippen LogP contribution in [-0.4, -0.2) is 5.78 Å². The van der Waals surface area contributed by atoms with Crippen LogP contribution in [0.4, 0.5) is 13.2 Å².